The van der Waals surface area contributed by atoms with Gasteiger partial charge >= 0.3 is 21.1 Å². The van der Waals surface area contributed by atoms with Crippen molar-refractivity contribution in [2.75, 3.05) is 20.3 Å². The normalized spacial score (nSPS) is 14.7. The zero-order chi connectivity index (χ0) is 11.0. The van der Waals surface area contributed by atoms with Crippen LogP contribution in [-0.4, -0.2) is 33.5 Å². The first-order chi connectivity index (χ1) is 6.56. The lowest BCUT2D eigenvalue weighted by Crippen LogP contribution is -3.98. The van der Waals surface area contributed by atoms with Gasteiger partial charge in [0.2, 0.25) is 0 Å². The Balaban J connectivity index is 0.000000364. The van der Waals surface area contributed by atoms with Crippen molar-refractivity contribution >= 4 is 0 Å². The third kappa shape index (κ3) is 8.54. The van der Waals surface area contributed by atoms with Crippen LogP contribution in [0.5, 0.6) is 0 Å². The van der Waals surface area contributed by atoms with Crippen LogP contribution < -0.4 is 27.9 Å². The van der Waals surface area contributed by atoms with E-state index in [1.54, 1.807) is 0 Å². The Hall–Kier alpha value is -0.0500. The molecular formula is C8H17IN2O3. The molecule has 0 aliphatic carbocycles. The fourth-order valence-electron chi connectivity index (χ4n) is 1.10. The maximum absolute atomic E-state index is 8.68. The van der Waals surface area contributed by atoms with Crippen LogP contribution in [0.15, 0.2) is 12.4 Å². The molecule has 0 bridgehead atoms. The Labute approximate surface area is 93.7 Å². The topological polar surface area (TPSA) is 72.8 Å². The molecule has 0 amide bonds. The van der Waals surface area contributed by atoms with Gasteiger partial charge in [0.15, 0.2) is 0 Å². The highest BCUT2D eigenvalue weighted by molar-refractivity contribution is 4.88. The first kappa shape index (κ1) is 13.9. The van der Waals surface area contributed by atoms with E-state index in [2.05, 4.69) is 36.2 Å². The third-order valence-corrected chi connectivity index (χ3v) is 1.74. The van der Waals surface area contributed by atoms with Crippen molar-refractivity contribution in [2.45, 2.75) is 19.8 Å². The van der Waals surface area contributed by atoms with Crippen LogP contribution in [-0.2, 0) is 0 Å². The van der Waals surface area contributed by atoms with Crippen LogP contribution in [0.2, 0.25) is 0 Å². The maximum Gasteiger partial charge on any atom is 0.503 e. The summed E-state index contributed by atoms with van der Waals surface area (Å²) in [7, 11) is 2.10. The molecule has 1 rings (SSSR count). The summed E-state index contributed by atoms with van der Waals surface area (Å²) in [6, 6.07) is 0. The molecule has 0 saturated heterocycles. The summed E-state index contributed by atoms with van der Waals surface area (Å²) in [6.45, 7) is 4.50. The predicted molar refractivity (Wildman–Crippen MR) is 45.6 cm³/mol. The maximum atomic E-state index is 8.68. The summed E-state index contributed by atoms with van der Waals surface area (Å²) < 4.78 is 24.5. The quantitative estimate of drug-likeness (QED) is 0.532. The molecule has 0 saturated carbocycles. The van der Waals surface area contributed by atoms with Gasteiger partial charge in [-0.15, -0.1) is 0 Å². The van der Waals surface area contributed by atoms with Crippen LogP contribution in [0.1, 0.15) is 19.8 Å². The van der Waals surface area contributed by atoms with E-state index in [-0.39, 0.29) is 0 Å². The van der Waals surface area contributed by atoms with E-state index in [0.29, 0.717) is 0 Å². The van der Waals surface area contributed by atoms with Crippen LogP contribution in [0, 0.1) is 0 Å². The second kappa shape index (κ2) is 8.27. The van der Waals surface area contributed by atoms with Gasteiger partial charge in [-0.1, -0.05) is 13.3 Å². The predicted octanol–water partition coefficient (Wildman–Crippen LogP) is -4.47. The summed E-state index contributed by atoms with van der Waals surface area (Å²) in [5.74, 6) is 0. The third-order valence-electron chi connectivity index (χ3n) is 1.74. The summed E-state index contributed by atoms with van der Waals surface area (Å²) >= 11 is -3.76. The molecule has 6 heteroatoms. The number of rotatable bonds is 3. The van der Waals surface area contributed by atoms with E-state index >= 15 is 0 Å². The first-order valence-corrected chi connectivity index (χ1v) is 7.16. The Bertz CT molecular complexity index is 164. The Morgan fingerprint density at radius 2 is 2.00 bits per heavy atom. The lowest BCUT2D eigenvalue weighted by molar-refractivity contribution is -1.63. The summed E-state index contributed by atoms with van der Waals surface area (Å²) in [6.07, 6.45) is 6.87. The molecule has 0 radical (unpaired) electrons. The molecule has 5 nitrogen and oxygen atoms in total. The zero-order valence-corrected chi connectivity index (χ0v) is 10.7. The standard InChI is InChI=1S/C8H16N2.HIO3/c1-3-4-5-10-7-6-9(2)8-10;2-1(3)4/h6-7H,3-5,8H2,1-2H3;2H. The SMILES string of the molecule is CCCCN1C=CN(C)C1.[O-][I+2]([O-])O. The smallest absolute Gasteiger partial charge is 0.396 e. The minimum Gasteiger partial charge on any atom is -0.396 e. The molecule has 0 spiro atoms. The molecule has 1 aliphatic rings. The van der Waals surface area contributed by atoms with Gasteiger partial charge in [0.1, 0.15) is 0 Å². The monoisotopic (exact) mass is 316 g/mol. The lowest BCUT2D eigenvalue weighted by atomic mass is 10.3. The van der Waals surface area contributed by atoms with E-state index in [0.717, 1.165) is 6.67 Å². The highest BCUT2D eigenvalue weighted by Crippen LogP contribution is 2.04. The summed E-state index contributed by atoms with van der Waals surface area (Å²) in [4.78, 5) is 4.53. The minimum absolute atomic E-state index is 1.07. The van der Waals surface area contributed by atoms with Crippen molar-refractivity contribution in [3.05, 3.63) is 12.4 Å². The molecule has 14 heavy (non-hydrogen) atoms. The van der Waals surface area contributed by atoms with Crippen molar-refractivity contribution < 1.29 is 31.4 Å². The van der Waals surface area contributed by atoms with Crippen LogP contribution >= 0.6 is 0 Å². The number of halogens is 1. The average molecular weight is 316 g/mol. The average Bonchev–Trinajstić information content (AvgIpc) is 2.47. The molecule has 0 aromatic carbocycles. The van der Waals surface area contributed by atoms with Crippen molar-refractivity contribution in [3.8, 4) is 0 Å². The lowest BCUT2D eigenvalue weighted by Gasteiger charge is -2.17. The minimum atomic E-state index is -3.76. The van der Waals surface area contributed by atoms with E-state index < -0.39 is 21.1 Å². The van der Waals surface area contributed by atoms with Crippen LogP contribution in [0.3, 0.4) is 0 Å². The Morgan fingerprint density at radius 1 is 1.43 bits per heavy atom. The van der Waals surface area contributed by atoms with E-state index in [9.17, 15) is 0 Å². The number of hydrogen-bond donors (Lipinski definition) is 1. The molecule has 0 atom stereocenters. The molecule has 1 aliphatic heterocycles. The largest absolute Gasteiger partial charge is 0.503 e. The molecule has 0 aromatic heterocycles. The van der Waals surface area contributed by atoms with E-state index in [1.807, 2.05) is 0 Å². The molecule has 1 heterocycles. The van der Waals surface area contributed by atoms with Crippen LogP contribution in [0.25, 0.3) is 0 Å². The number of nitrogens with zero attached hydrogens (tertiary/aromatic N) is 2. The summed E-state index contributed by atoms with van der Waals surface area (Å²) in [5.41, 5.74) is 0. The van der Waals surface area contributed by atoms with Crippen LogP contribution in [0.4, 0.5) is 0 Å². The van der Waals surface area contributed by atoms with Gasteiger partial charge in [0.05, 0.1) is 6.67 Å². The molecular weight excluding hydrogens is 299 g/mol. The number of unbranched alkanes of at least 4 members (excludes halogenated alkanes) is 1. The van der Waals surface area contributed by atoms with Crippen molar-refractivity contribution in [2.24, 2.45) is 0 Å². The summed E-state index contributed by atoms with van der Waals surface area (Å²) in [5, 5.41) is 0. The molecule has 0 fully saturated rings. The highest BCUT2D eigenvalue weighted by atomic mass is 127. The Morgan fingerprint density at radius 3 is 2.36 bits per heavy atom. The van der Waals surface area contributed by atoms with Gasteiger partial charge in [0, 0.05) is 26.0 Å². The second-order valence-corrected chi connectivity index (χ2v) is 4.21. The second-order valence-electron chi connectivity index (χ2n) is 3.06. The van der Waals surface area contributed by atoms with Crippen molar-refractivity contribution in [1.82, 2.24) is 9.80 Å². The highest BCUT2D eigenvalue weighted by Gasteiger charge is 2.05. The molecule has 1 N–H and O–H groups in total. The van der Waals surface area contributed by atoms with Gasteiger partial charge in [-0.05, 0) is 9.86 Å². The van der Waals surface area contributed by atoms with Gasteiger partial charge in [-0.25, -0.2) is 0 Å². The van der Waals surface area contributed by atoms with Crippen molar-refractivity contribution in [3.63, 3.8) is 0 Å². The van der Waals surface area contributed by atoms with Gasteiger partial charge in [-0.3, -0.25) is 0 Å². The fraction of sp³-hybridized carbons (Fsp3) is 0.750. The zero-order valence-electron chi connectivity index (χ0n) is 8.52. The van der Waals surface area contributed by atoms with Gasteiger partial charge < -0.3 is 16.7 Å². The molecule has 0 unspecified atom stereocenters. The van der Waals surface area contributed by atoms with Crippen molar-refractivity contribution in [1.29, 1.82) is 0 Å². The molecule has 84 valence electrons. The fourth-order valence-corrected chi connectivity index (χ4v) is 1.10. The van der Waals surface area contributed by atoms with E-state index in [1.165, 1.54) is 19.4 Å². The first-order valence-electron chi connectivity index (χ1n) is 4.43. The Kier molecular flexibility index (Phi) is 8.24. The van der Waals surface area contributed by atoms with E-state index in [4.69, 9.17) is 10.3 Å². The van der Waals surface area contributed by atoms with Gasteiger partial charge in [-0.2, -0.15) is 0 Å². The molecule has 0 aromatic rings. The van der Waals surface area contributed by atoms with Gasteiger partial charge in [0.25, 0.3) is 0 Å². The number of hydrogen-bond acceptors (Lipinski definition) is 5.